The first kappa shape index (κ1) is 15.6. The highest BCUT2D eigenvalue weighted by molar-refractivity contribution is 6.07. The highest BCUT2D eigenvalue weighted by Crippen LogP contribution is 2.35. The zero-order valence-corrected chi connectivity index (χ0v) is 12.7. The van der Waals surface area contributed by atoms with Crippen molar-refractivity contribution in [3.63, 3.8) is 0 Å². The topological polar surface area (TPSA) is 20.3 Å². The fourth-order valence-electron chi connectivity index (χ4n) is 2.94. The van der Waals surface area contributed by atoms with Crippen LogP contribution in [0.2, 0.25) is 0 Å². The predicted octanol–water partition coefficient (Wildman–Crippen LogP) is 4.61. The summed E-state index contributed by atoms with van der Waals surface area (Å²) in [5, 5.41) is 0. The van der Waals surface area contributed by atoms with E-state index in [0.29, 0.717) is 36.2 Å². The van der Waals surface area contributed by atoms with Crippen LogP contribution in [0.25, 0.3) is 0 Å². The van der Waals surface area contributed by atoms with Gasteiger partial charge in [-0.05, 0) is 55.2 Å². The lowest BCUT2D eigenvalue weighted by Crippen LogP contribution is -2.36. The lowest BCUT2D eigenvalue weighted by Gasteiger charge is -2.30. The summed E-state index contributed by atoms with van der Waals surface area (Å²) in [4.78, 5) is 14.4. The maximum Gasteiger partial charge on any atom is 0.416 e. The van der Waals surface area contributed by atoms with Gasteiger partial charge in [0.05, 0.1) is 5.56 Å². The Balaban J connectivity index is 1.99. The molecule has 0 saturated heterocycles. The van der Waals surface area contributed by atoms with Gasteiger partial charge in [-0.25, -0.2) is 0 Å². The van der Waals surface area contributed by atoms with Crippen LogP contribution in [0.4, 0.5) is 18.9 Å². The van der Waals surface area contributed by atoms with Gasteiger partial charge in [0.15, 0.2) is 0 Å². The molecule has 0 atom stereocenters. The minimum atomic E-state index is -4.36. The van der Waals surface area contributed by atoms with Gasteiger partial charge in [0.25, 0.3) is 5.91 Å². The van der Waals surface area contributed by atoms with Crippen molar-refractivity contribution >= 4 is 11.6 Å². The molecular weight excluding hydrogens is 303 g/mol. The molecule has 1 heterocycles. The maximum absolute atomic E-state index is 12.9. The number of anilines is 1. The number of benzene rings is 2. The van der Waals surface area contributed by atoms with Gasteiger partial charge in [-0.1, -0.05) is 18.2 Å². The molecule has 3 rings (SSSR count). The smallest absolute Gasteiger partial charge is 0.308 e. The van der Waals surface area contributed by atoms with Gasteiger partial charge in [0.1, 0.15) is 0 Å². The number of carbonyl (C=O) groups is 1. The minimum absolute atomic E-state index is 0.163. The van der Waals surface area contributed by atoms with Crippen LogP contribution < -0.4 is 4.90 Å². The number of rotatable bonds is 1. The molecule has 0 radical (unpaired) electrons. The van der Waals surface area contributed by atoms with Crippen molar-refractivity contribution in [1.29, 1.82) is 0 Å². The molecule has 1 amide bonds. The number of hydrogen-bond donors (Lipinski definition) is 0. The summed E-state index contributed by atoms with van der Waals surface area (Å²) < 4.78 is 38.6. The van der Waals surface area contributed by atoms with E-state index in [4.69, 9.17) is 0 Å². The molecule has 5 heteroatoms. The second-order valence-electron chi connectivity index (χ2n) is 5.72. The average Bonchev–Trinajstić information content (AvgIpc) is 2.53. The molecule has 0 N–H and O–H groups in total. The van der Waals surface area contributed by atoms with Gasteiger partial charge < -0.3 is 4.90 Å². The van der Waals surface area contributed by atoms with Crippen molar-refractivity contribution in [2.24, 2.45) is 0 Å². The molecule has 2 nitrogen and oxygen atoms in total. The summed E-state index contributed by atoms with van der Waals surface area (Å²) in [5.74, 6) is -0.163. The standard InChI is InChI=1S/C18H16F3NO/c1-12-5-2-3-7-15(12)17(23)22-10-4-6-13-11-14(18(19,20)21)8-9-16(13)22/h2-3,5,7-9,11H,4,6,10H2,1H3. The summed E-state index contributed by atoms with van der Waals surface area (Å²) in [6.45, 7) is 2.37. The zero-order chi connectivity index (χ0) is 16.6. The molecule has 23 heavy (non-hydrogen) atoms. The van der Waals surface area contributed by atoms with Crippen LogP contribution in [0.3, 0.4) is 0 Å². The minimum Gasteiger partial charge on any atom is -0.308 e. The number of fused-ring (bicyclic) bond motifs is 1. The number of halogens is 3. The molecule has 1 aliphatic heterocycles. The first-order chi connectivity index (χ1) is 10.9. The highest BCUT2D eigenvalue weighted by atomic mass is 19.4. The van der Waals surface area contributed by atoms with Gasteiger partial charge in [-0.15, -0.1) is 0 Å². The lowest BCUT2D eigenvalue weighted by molar-refractivity contribution is -0.137. The summed E-state index contributed by atoms with van der Waals surface area (Å²) in [6.07, 6.45) is -3.15. The van der Waals surface area contributed by atoms with Crippen molar-refractivity contribution < 1.29 is 18.0 Å². The zero-order valence-electron chi connectivity index (χ0n) is 12.7. The van der Waals surface area contributed by atoms with Crippen LogP contribution in [0.15, 0.2) is 42.5 Å². The van der Waals surface area contributed by atoms with E-state index in [-0.39, 0.29) is 5.91 Å². The third-order valence-electron chi connectivity index (χ3n) is 4.15. The Hall–Kier alpha value is -2.30. The quantitative estimate of drug-likeness (QED) is 0.752. The van der Waals surface area contributed by atoms with Crippen LogP contribution in [0, 0.1) is 6.92 Å². The molecular formula is C18H16F3NO. The Morgan fingerprint density at radius 3 is 2.57 bits per heavy atom. The van der Waals surface area contributed by atoms with E-state index in [9.17, 15) is 18.0 Å². The van der Waals surface area contributed by atoms with E-state index < -0.39 is 11.7 Å². The Morgan fingerprint density at radius 1 is 1.13 bits per heavy atom. The summed E-state index contributed by atoms with van der Waals surface area (Å²) in [7, 11) is 0. The van der Waals surface area contributed by atoms with Gasteiger partial charge >= 0.3 is 6.18 Å². The van der Waals surface area contributed by atoms with Gasteiger partial charge in [0.2, 0.25) is 0 Å². The Morgan fingerprint density at radius 2 is 1.87 bits per heavy atom. The molecule has 0 aliphatic carbocycles. The summed E-state index contributed by atoms with van der Waals surface area (Å²) in [5.41, 5.74) is 1.93. The van der Waals surface area contributed by atoms with Gasteiger partial charge in [-0.2, -0.15) is 13.2 Å². The summed E-state index contributed by atoms with van der Waals surface area (Å²) >= 11 is 0. The molecule has 0 spiro atoms. The van der Waals surface area contributed by atoms with Crippen molar-refractivity contribution in [3.05, 3.63) is 64.7 Å². The van der Waals surface area contributed by atoms with Crippen molar-refractivity contribution in [2.75, 3.05) is 11.4 Å². The molecule has 0 fully saturated rings. The van der Waals surface area contributed by atoms with E-state index >= 15 is 0 Å². The first-order valence-electron chi connectivity index (χ1n) is 7.45. The second kappa shape index (κ2) is 5.72. The van der Waals surface area contributed by atoms with Gasteiger partial charge in [-0.3, -0.25) is 4.79 Å². The third-order valence-corrected chi connectivity index (χ3v) is 4.15. The number of alkyl halides is 3. The lowest BCUT2D eigenvalue weighted by atomic mass is 9.97. The molecule has 2 aromatic rings. The van der Waals surface area contributed by atoms with E-state index in [1.807, 2.05) is 19.1 Å². The SMILES string of the molecule is Cc1ccccc1C(=O)N1CCCc2cc(C(F)(F)F)ccc21. The predicted molar refractivity (Wildman–Crippen MR) is 82.6 cm³/mol. The Kier molecular flexibility index (Phi) is 3.88. The number of hydrogen-bond acceptors (Lipinski definition) is 1. The monoisotopic (exact) mass is 319 g/mol. The highest BCUT2D eigenvalue weighted by Gasteiger charge is 2.32. The molecule has 120 valence electrons. The normalized spacial score (nSPS) is 14.5. The average molecular weight is 319 g/mol. The van der Waals surface area contributed by atoms with Crippen LogP contribution in [-0.2, 0) is 12.6 Å². The molecule has 0 bridgehead atoms. The van der Waals surface area contributed by atoms with Crippen LogP contribution in [0.5, 0.6) is 0 Å². The molecule has 0 aromatic heterocycles. The van der Waals surface area contributed by atoms with Gasteiger partial charge in [0, 0.05) is 17.8 Å². The molecule has 0 unspecified atom stereocenters. The maximum atomic E-state index is 12.9. The number of aryl methyl sites for hydroxylation is 2. The van der Waals surface area contributed by atoms with E-state index in [1.54, 1.807) is 17.0 Å². The van der Waals surface area contributed by atoms with Crippen LogP contribution in [-0.4, -0.2) is 12.5 Å². The van der Waals surface area contributed by atoms with Crippen LogP contribution >= 0.6 is 0 Å². The number of nitrogens with zero attached hydrogens (tertiary/aromatic N) is 1. The van der Waals surface area contributed by atoms with Crippen LogP contribution in [0.1, 0.15) is 33.5 Å². The molecule has 1 aliphatic rings. The number of amides is 1. The second-order valence-corrected chi connectivity index (χ2v) is 5.72. The first-order valence-corrected chi connectivity index (χ1v) is 7.45. The van der Waals surface area contributed by atoms with E-state index in [0.717, 1.165) is 17.7 Å². The number of carbonyl (C=O) groups excluding carboxylic acids is 1. The van der Waals surface area contributed by atoms with Crippen molar-refractivity contribution in [2.45, 2.75) is 25.9 Å². The Labute approximate surface area is 132 Å². The fourth-order valence-corrected chi connectivity index (χ4v) is 2.94. The van der Waals surface area contributed by atoms with Crippen molar-refractivity contribution in [3.8, 4) is 0 Å². The Bertz CT molecular complexity index is 752. The fraction of sp³-hybridized carbons (Fsp3) is 0.278. The van der Waals surface area contributed by atoms with Crippen molar-refractivity contribution in [1.82, 2.24) is 0 Å². The van der Waals surface area contributed by atoms with E-state index in [1.165, 1.54) is 6.07 Å². The largest absolute Gasteiger partial charge is 0.416 e. The summed E-state index contributed by atoms with van der Waals surface area (Å²) in [6, 6.07) is 10.9. The van der Waals surface area contributed by atoms with E-state index in [2.05, 4.69) is 0 Å². The molecule has 0 saturated carbocycles. The third kappa shape index (κ3) is 2.96. The molecule has 2 aromatic carbocycles.